The van der Waals surface area contributed by atoms with Crippen molar-refractivity contribution in [1.29, 1.82) is 0 Å². The number of nitrogens with zero attached hydrogens (tertiary/aromatic N) is 1. The molecular weight excluding hydrogens is 261 g/mol. The van der Waals surface area contributed by atoms with Crippen molar-refractivity contribution in [2.24, 2.45) is 0 Å². The minimum Gasteiger partial charge on any atom is -0.494 e. The standard InChI is InChI=1S/C15H20FNO3/c1-20-14-9-11(6-7-13(14)16)15(19)17-8-4-2-3-5-12(17)10-18/h6-7,9,12,18H,2-5,8,10H2,1H3. The maximum atomic E-state index is 13.4. The molecule has 110 valence electrons. The summed E-state index contributed by atoms with van der Waals surface area (Å²) in [7, 11) is 1.37. The van der Waals surface area contributed by atoms with Crippen LogP contribution < -0.4 is 4.74 Å². The number of rotatable bonds is 3. The van der Waals surface area contributed by atoms with Gasteiger partial charge < -0.3 is 14.7 Å². The lowest BCUT2D eigenvalue weighted by Gasteiger charge is -2.28. The Morgan fingerprint density at radius 1 is 1.45 bits per heavy atom. The van der Waals surface area contributed by atoms with Crippen molar-refractivity contribution in [3.63, 3.8) is 0 Å². The van der Waals surface area contributed by atoms with Gasteiger partial charge in [0.15, 0.2) is 11.6 Å². The van der Waals surface area contributed by atoms with E-state index in [0.717, 1.165) is 25.7 Å². The van der Waals surface area contributed by atoms with Gasteiger partial charge in [-0.25, -0.2) is 4.39 Å². The third-order valence-electron chi connectivity index (χ3n) is 3.75. The molecular formula is C15H20FNO3. The van der Waals surface area contributed by atoms with E-state index in [2.05, 4.69) is 0 Å². The van der Waals surface area contributed by atoms with Crippen molar-refractivity contribution in [2.45, 2.75) is 31.7 Å². The Hall–Kier alpha value is -1.62. The molecule has 5 heteroatoms. The summed E-state index contributed by atoms with van der Waals surface area (Å²) in [6, 6.07) is 3.95. The Bertz CT molecular complexity index is 478. The first-order chi connectivity index (χ1) is 9.67. The number of ether oxygens (including phenoxy) is 1. The van der Waals surface area contributed by atoms with Gasteiger partial charge in [-0.2, -0.15) is 0 Å². The third-order valence-corrected chi connectivity index (χ3v) is 3.75. The molecule has 1 aliphatic rings. The lowest BCUT2D eigenvalue weighted by atomic mass is 10.1. The van der Waals surface area contributed by atoms with Crippen LogP contribution in [-0.4, -0.2) is 42.2 Å². The smallest absolute Gasteiger partial charge is 0.254 e. The molecule has 1 atom stereocenters. The predicted octanol–water partition coefficient (Wildman–Crippen LogP) is 2.21. The molecule has 0 radical (unpaired) electrons. The number of methoxy groups -OCH3 is 1. The Labute approximate surface area is 118 Å². The molecule has 1 saturated heterocycles. The minimum absolute atomic E-state index is 0.0376. The van der Waals surface area contributed by atoms with Crippen LogP contribution in [0.15, 0.2) is 18.2 Å². The van der Waals surface area contributed by atoms with Crippen molar-refractivity contribution >= 4 is 5.91 Å². The topological polar surface area (TPSA) is 49.8 Å². The van der Waals surface area contributed by atoms with Crippen LogP contribution in [0.3, 0.4) is 0 Å². The summed E-state index contributed by atoms with van der Waals surface area (Å²) < 4.78 is 18.3. The lowest BCUT2D eigenvalue weighted by Crippen LogP contribution is -2.42. The lowest BCUT2D eigenvalue weighted by molar-refractivity contribution is 0.0599. The highest BCUT2D eigenvalue weighted by Crippen LogP contribution is 2.23. The molecule has 1 aliphatic heterocycles. The molecule has 1 amide bonds. The molecule has 1 N–H and O–H groups in total. The number of aliphatic hydroxyl groups is 1. The quantitative estimate of drug-likeness (QED) is 0.924. The van der Waals surface area contributed by atoms with Gasteiger partial charge in [0, 0.05) is 12.1 Å². The first-order valence-electron chi connectivity index (χ1n) is 6.92. The average Bonchev–Trinajstić information content (AvgIpc) is 2.72. The van der Waals surface area contributed by atoms with Gasteiger partial charge >= 0.3 is 0 Å². The number of halogens is 1. The monoisotopic (exact) mass is 281 g/mol. The van der Waals surface area contributed by atoms with Gasteiger partial charge in [0.25, 0.3) is 5.91 Å². The van der Waals surface area contributed by atoms with Gasteiger partial charge in [0.1, 0.15) is 0 Å². The van der Waals surface area contributed by atoms with Crippen LogP contribution in [0.5, 0.6) is 5.75 Å². The third kappa shape index (κ3) is 3.10. The Morgan fingerprint density at radius 3 is 2.95 bits per heavy atom. The van der Waals surface area contributed by atoms with E-state index in [9.17, 15) is 14.3 Å². The largest absolute Gasteiger partial charge is 0.494 e. The van der Waals surface area contributed by atoms with E-state index < -0.39 is 5.82 Å². The van der Waals surface area contributed by atoms with Crippen molar-refractivity contribution in [1.82, 2.24) is 4.90 Å². The first-order valence-corrected chi connectivity index (χ1v) is 6.92. The second kappa shape index (κ2) is 6.70. The molecule has 0 spiro atoms. The molecule has 0 aromatic heterocycles. The molecule has 0 bridgehead atoms. The van der Waals surface area contributed by atoms with Gasteiger partial charge in [0.05, 0.1) is 19.8 Å². The fraction of sp³-hybridized carbons (Fsp3) is 0.533. The number of benzene rings is 1. The highest BCUT2D eigenvalue weighted by Gasteiger charge is 2.26. The van der Waals surface area contributed by atoms with E-state index in [1.54, 1.807) is 4.90 Å². The van der Waals surface area contributed by atoms with E-state index in [-0.39, 0.29) is 24.3 Å². The number of amides is 1. The fourth-order valence-electron chi connectivity index (χ4n) is 2.59. The van der Waals surface area contributed by atoms with Crippen LogP contribution >= 0.6 is 0 Å². The highest BCUT2D eigenvalue weighted by atomic mass is 19.1. The molecule has 1 unspecified atom stereocenters. The van der Waals surface area contributed by atoms with Gasteiger partial charge in [-0.3, -0.25) is 4.79 Å². The van der Waals surface area contributed by atoms with Crippen LogP contribution in [0.1, 0.15) is 36.0 Å². The van der Waals surface area contributed by atoms with E-state index in [0.29, 0.717) is 12.1 Å². The molecule has 1 aromatic carbocycles. The van der Waals surface area contributed by atoms with Crippen LogP contribution in [0.25, 0.3) is 0 Å². The average molecular weight is 281 g/mol. The molecule has 2 rings (SSSR count). The summed E-state index contributed by atoms with van der Waals surface area (Å²) in [4.78, 5) is 14.2. The number of carbonyl (C=O) groups excluding carboxylic acids is 1. The number of carbonyl (C=O) groups is 1. The second-order valence-corrected chi connectivity index (χ2v) is 5.03. The van der Waals surface area contributed by atoms with Crippen molar-refractivity contribution in [3.05, 3.63) is 29.6 Å². The molecule has 1 heterocycles. The molecule has 1 aromatic rings. The zero-order chi connectivity index (χ0) is 14.5. The zero-order valence-electron chi connectivity index (χ0n) is 11.6. The number of hydrogen-bond donors (Lipinski definition) is 1. The zero-order valence-corrected chi connectivity index (χ0v) is 11.6. The summed E-state index contributed by atoms with van der Waals surface area (Å²) in [5, 5.41) is 9.45. The Kier molecular flexibility index (Phi) is 4.95. The summed E-state index contributed by atoms with van der Waals surface area (Å²) in [6.45, 7) is 0.591. The number of likely N-dealkylation sites (tertiary alicyclic amines) is 1. The highest BCUT2D eigenvalue weighted by molar-refractivity contribution is 5.94. The van der Waals surface area contributed by atoms with Crippen molar-refractivity contribution < 1.29 is 19.0 Å². The maximum absolute atomic E-state index is 13.4. The molecule has 0 saturated carbocycles. The van der Waals surface area contributed by atoms with E-state index in [1.165, 1.54) is 25.3 Å². The molecule has 20 heavy (non-hydrogen) atoms. The van der Waals surface area contributed by atoms with E-state index in [4.69, 9.17) is 4.74 Å². The number of hydrogen-bond acceptors (Lipinski definition) is 3. The Balaban J connectivity index is 2.24. The maximum Gasteiger partial charge on any atom is 0.254 e. The van der Waals surface area contributed by atoms with Crippen molar-refractivity contribution in [2.75, 3.05) is 20.3 Å². The van der Waals surface area contributed by atoms with E-state index in [1.807, 2.05) is 0 Å². The summed E-state index contributed by atoms with van der Waals surface area (Å²) in [5.74, 6) is -0.603. The fourth-order valence-corrected chi connectivity index (χ4v) is 2.59. The molecule has 0 aliphatic carbocycles. The predicted molar refractivity (Wildman–Crippen MR) is 73.3 cm³/mol. The summed E-state index contributed by atoms with van der Waals surface area (Å²) in [6.07, 6.45) is 3.82. The van der Waals surface area contributed by atoms with Gasteiger partial charge in [-0.15, -0.1) is 0 Å². The summed E-state index contributed by atoms with van der Waals surface area (Å²) in [5.41, 5.74) is 0.392. The van der Waals surface area contributed by atoms with Crippen LogP contribution in [0, 0.1) is 5.82 Å². The second-order valence-electron chi connectivity index (χ2n) is 5.03. The van der Waals surface area contributed by atoms with Crippen molar-refractivity contribution in [3.8, 4) is 5.75 Å². The first kappa shape index (κ1) is 14.8. The van der Waals surface area contributed by atoms with Crippen LogP contribution in [0.2, 0.25) is 0 Å². The SMILES string of the molecule is COc1cc(C(=O)N2CCCCCC2CO)ccc1F. The van der Waals surface area contributed by atoms with Gasteiger partial charge in [-0.05, 0) is 31.0 Å². The Morgan fingerprint density at radius 2 is 2.25 bits per heavy atom. The van der Waals surface area contributed by atoms with Crippen LogP contribution in [0.4, 0.5) is 4.39 Å². The van der Waals surface area contributed by atoms with Gasteiger partial charge in [0.2, 0.25) is 0 Å². The van der Waals surface area contributed by atoms with Gasteiger partial charge in [-0.1, -0.05) is 12.8 Å². The minimum atomic E-state index is -0.487. The molecule has 1 fully saturated rings. The van der Waals surface area contributed by atoms with Crippen LogP contribution in [-0.2, 0) is 0 Å². The summed E-state index contributed by atoms with van der Waals surface area (Å²) >= 11 is 0. The molecule has 4 nitrogen and oxygen atoms in total. The number of aliphatic hydroxyl groups excluding tert-OH is 1. The normalized spacial score (nSPS) is 19.6. The van der Waals surface area contributed by atoms with E-state index >= 15 is 0 Å².